The van der Waals surface area contributed by atoms with Crippen LogP contribution in [0.2, 0.25) is 10.0 Å². The van der Waals surface area contributed by atoms with E-state index in [2.05, 4.69) is 21.7 Å². The summed E-state index contributed by atoms with van der Waals surface area (Å²) >= 11 is 12.2. The van der Waals surface area contributed by atoms with Gasteiger partial charge >= 0.3 is 0 Å². The molecule has 2 heterocycles. The summed E-state index contributed by atoms with van der Waals surface area (Å²) in [5.41, 5.74) is 7.04. The van der Waals surface area contributed by atoms with Crippen molar-refractivity contribution in [3.63, 3.8) is 0 Å². The number of hydrogen-bond acceptors (Lipinski definition) is 5. The van der Waals surface area contributed by atoms with E-state index in [0.29, 0.717) is 35.0 Å². The maximum absolute atomic E-state index is 13.8. The Labute approximate surface area is 184 Å². The Bertz CT molecular complexity index is 1030. The minimum Gasteiger partial charge on any atom is -0.482 e. The van der Waals surface area contributed by atoms with Crippen LogP contribution >= 0.6 is 23.2 Å². The zero-order valence-corrected chi connectivity index (χ0v) is 18.0. The topological polar surface area (TPSA) is 71.6 Å². The van der Waals surface area contributed by atoms with Crippen molar-refractivity contribution in [2.75, 3.05) is 25.4 Å². The molecule has 0 amide bonds. The first-order chi connectivity index (χ1) is 14.3. The van der Waals surface area contributed by atoms with E-state index >= 15 is 0 Å². The Morgan fingerprint density at radius 2 is 2.20 bits per heavy atom. The molecule has 1 unspecified atom stereocenters. The van der Waals surface area contributed by atoms with Crippen LogP contribution in [0.25, 0.3) is 0 Å². The normalized spacial score (nSPS) is 20.6. The number of β-amino-alcohol motifs (C(OH)–C–C–N with tert-alkyl or cyclic N) is 1. The molecule has 2 atom stereocenters. The minimum atomic E-state index is -0.645. The summed E-state index contributed by atoms with van der Waals surface area (Å²) in [5, 5.41) is 10.4. The van der Waals surface area contributed by atoms with Crippen LogP contribution in [0.5, 0.6) is 5.75 Å². The van der Waals surface area contributed by atoms with Gasteiger partial charge in [-0.05, 0) is 31.9 Å². The standard InChI is InChI=1S/C22H22Cl2FN3O2/c1-13(19-15(23)4-5-16(25)20(19)24)30-17-9-14(10-27-21(17)26)3-2-8-28-11-18(29)22(12-28)6-7-22/h4-5,9-10,13,18,29H,6-8,11-12H2,1H3,(H2,26,27)/t13-,18?/m1/s1. The van der Waals surface area contributed by atoms with Crippen LogP contribution in [0, 0.1) is 23.1 Å². The first kappa shape index (κ1) is 21.2. The van der Waals surface area contributed by atoms with Gasteiger partial charge in [-0.25, -0.2) is 9.37 Å². The molecular formula is C22H22Cl2FN3O2. The van der Waals surface area contributed by atoms with E-state index in [1.54, 1.807) is 19.2 Å². The monoisotopic (exact) mass is 449 g/mol. The minimum absolute atomic E-state index is 0.0845. The van der Waals surface area contributed by atoms with Gasteiger partial charge in [0.2, 0.25) is 0 Å². The van der Waals surface area contributed by atoms with E-state index in [4.69, 9.17) is 33.7 Å². The van der Waals surface area contributed by atoms with Gasteiger partial charge in [0.25, 0.3) is 0 Å². The molecule has 2 aliphatic rings. The number of rotatable bonds is 4. The van der Waals surface area contributed by atoms with Gasteiger partial charge in [0.15, 0.2) is 11.6 Å². The average molecular weight is 450 g/mol. The molecule has 1 aliphatic heterocycles. The molecule has 1 aromatic heterocycles. The summed E-state index contributed by atoms with van der Waals surface area (Å²) in [7, 11) is 0. The van der Waals surface area contributed by atoms with E-state index in [9.17, 15) is 9.50 Å². The van der Waals surface area contributed by atoms with Crippen molar-refractivity contribution >= 4 is 29.0 Å². The van der Waals surface area contributed by atoms with Crippen molar-refractivity contribution < 1.29 is 14.2 Å². The van der Waals surface area contributed by atoms with Gasteiger partial charge in [-0.15, -0.1) is 0 Å². The average Bonchev–Trinajstić information content (AvgIpc) is 3.41. The number of aromatic nitrogens is 1. The molecule has 1 aromatic carbocycles. The largest absolute Gasteiger partial charge is 0.482 e. The van der Waals surface area contributed by atoms with Gasteiger partial charge in [-0.3, -0.25) is 4.90 Å². The highest BCUT2D eigenvalue weighted by Crippen LogP contribution is 2.52. The summed E-state index contributed by atoms with van der Waals surface area (Å²) in [5.74, 6) is 6.12. The Kier molecular flexibility index (Phi) is 5.82. The highest BCUT2D eigenvalue weighted by molar-refractivity contribution is 6.36. The third kappa shape index (κ3) is 4.21. The lowest BCUT2D eigenvalue weighted by Gasteiger charge is -2.19. The first-order valence-corrected chi connectivity index (χ1v) is 10.5. The molecule has 30 heavy (non-hydrogen) atoms. The Morgan fingerprint density at radius 1 is 1.43 bits per heavy atom. The van der Waals surface area contributed by atoms with Crippen LogP contribution in [0.1, 0.15) is 37.0 Å². The number of nitrogens with two attached hydrogens (primary N) is 1. The number of ether oxygens (including phenoxy) is 1. The van der Waals surface area contributed by atoms with Crippen molar-refractivity contribution in [1.29, 1.82) is 0 Å². The zero-order chi connectivity index (χ0) is 21.5. The van der Waals surface area contributed by atoms with Crippen molar-refractivity contribution in [2.24, 2.45) is 5.41 Å². The number of hydrogen-bond donors (Lipinski definition) is 2. The molecule has 158 valence electrons. The third-order valence-corrected chi connectivity index (χ3v) is 6.49. The third-order valence-electron chi connectivity index (χ3n) is 5.78. The second-order valence-electron chi connectivity index (χ2n) is 7.97. The number of nitrogen functional groups attached to an aromatic ring is 1. The lowest BCUT2D eigenvalue weighted by atomic mass is 10.0. The highest BCUT2D eigenvalue weighted by Gasteiger charge is 2.54. The summed E-state index contributed by atoms with van der Waals surface area (Å²) in [4.78, 5) is 6.31. The molecule has 2 aromatic rings. The fourth-order valence-corrected chi connectivity index (χ4v) is 4.54. The summed E-state index contributed by atoms with van der Waals surface area (Å²) in [6.07, 6.45) is 2.87. The van der Waals surface area contributed by atoms with Crippen LogP contribution in [0.15, 0.2) is 24.4 Å². The number of anilines is 1. The number of aliphatic hydroxyl groups is 1. The van der Waals surface area contributed by atoms with E-state index in [1.807, 2.05) is 0 Å². The Hall–Kier alpha value is -2.04. The summed E-state index contributed by atoms with van der Waals surface area (Å²) in [6.45, 7) is 3.83. The van der Waals surface area contributed by atoms with Gasteiger partial charge < -0.3 is 15.6 Å². The van der Waals surface area contributed by atoms with Crippen LogP contribution in [0.3, 0.4) is 0 Å². The second-order valence-corrected chi connectivity index (χ2v) is 8.76. The zero-order valence-electron chi connectivity index (χ0n) is 16.5. The van der Waals surface area contributed by atoms with Gasteiger partial charge in [0.05, 0.1) is 17.7 Å². The van der Waals surface area contributed by atoms with Gasteiger partial charge in [-0.2, -0.15) is 0 Å². The smallest absolute Gasteiger partial charge is 0.166 e. The van der Waals surface area contributed by atoms with Gasteiger partial charge in [0, 0.05) is 46.9 Å². The molecule has 4 rings (SSSR count). The number of halogens is 3. The van der Waals surface area contributed by atoms with Crippen molar-refractivity contribution in [3.05, 3.63) is 51.4 Å². The maximum atomic E-state index is 13.8. The molecule has 1 saturated carbocycles. The van der Waals surface area contributed by atoms with Gasteiger partial charge in [-0.1, -0.05) is 35.0 Å². The predicted molar refractivity (Wildman–Crippen MR) is 115 cm³/mol. The Balaban J connectivity index is 1.46. The van der Waals surface area contributed by atoms with E-state index in [-0.39, 0.29) is 22.4 Å². The molecule has 5 nitrogen and oxygen atoms in total. The maximum Gasteiger partial charge on any atom is 0.166 e. The molecule has 1 spiro atoms. The molecule has 1 saturated heterocycles. The highest BCUT2D eigenvalue weighted by atomic mass is 35.5. The van der Waals surface area contributed by atoms with Gasteiger partial charge in [0.1, 0.15) is 11.9 Å². The van der Waals surface area contributed by atoms with Crippen molar-refractivity contribution in [2.45, 2.75) is 32.0 Å². The molecule has 0 radical (unpaired) electrons. The molecule has 1 aliphatic carbocycles. The van der Waals surface area contributed by atoms with Crippen molar-refractivity contribution in [3.8, 4) is 17.6 Å². The van der Waals surface area contributed by atoms with Crippen LogP contribution < -0.4 is 10.5 Å². The van der Waals surface area contributed by atoms with E-state index in [1.165, 1.54) is 12.1 Å². The van der Waals surface area contributed by atoms with Crippen LogP contribution in [-0.4, -0.2) is 40.7 Å². The number of likely N-dealkylation sites (tertiary alicyclic amines) is 1. The fourth-order valence-electron chi connectivity index (χ4n) is 3.86. The molecular weight excluding hydrogens is 428 g/mol. The fraction of sp³-hybridized carbons (Fsp3) is 0.409. The van der Waals surface area contributed by atoms with Crippen LogP contribution in [-0.2, 0) is 0 Å². The SMILES string of the molecule is C[C@@H](Oc1cc(C#CCN2CC(O)C3(CC3)C2)cnc1N)c1c(Cl)ccc(F)c1Cl. The predicted octanol–water partition coefficient (Wildman–Crippen LogP) is 4.06. The number of nitrogens with zero attached hydrogens (tertiary/aromatic N) is 2. The number of aliphatic hydroxyl groups excluding tert-OH is 1. The lowest BCUT2D eigenvalue weighted by Crippen LogP contribution is -2.22. The second kappa shape index (κ2) is 8.24. The molecule has 0 bridgehead atoms. The molecule has 2 fully saturated rings. The first-order valence-electron chi connectivity index (χ1n) is 9.74. The molecule has 8 heteroatoms. The van der Waals surface area contributed by atoms with E-state index in [0.717, 1.165) is 19.4 Å². The number of pyridine rings is 1. The summed E-state index contributed by atoms with van der Waals surface area (Å²) in [6, 6.07) is 4.33. The summed E-state index contributed by atoms with van der Waals surface area (Å²) < 4.78 is 19.7. The van der Waals surface area contributed by atoms with E-state index < -0.39 is 11.9 Å². The Morgan fingerprint density at radius 3 is 2.90 bits per heavy atom. The quantitative estimate of drug-likeness (QED) is 0.543. The van der Waals surface area contributed by atoms with Crippen LogP contribution in [0.4, 0.5) is 10.2 Å². The van der Waals surface area contributed by atoms with Crippen molar-refractivity contribution in [1.82, 2.24) is 9.88 Å². The number of benzene rings is 1. The molecule has 3 N–H and O–H groups in total. The lowest BCUT2D eigenvalue weighted by molar-refractivity contribution is 0.132.